The first-order valence-electron chi connectivity index (χ1n) is 4.15. The van der Waals surface area contributed by atoms with Crippen molar-refractivity contribution in [3.8, 4) is 0 Å². The van der Waals surface area contributed by atoms with E-state index in [-0.39, 0.29) is 0 Å². The molecule has 0 saturated carbocycles. The van der Waals surface area contributed by atoms with Crippen molar-refractivity contribution in [2.24, 2.45) is 0 Å². The minimum Gasteiger partial charge on any atom is -0.398 e. The zero-order valence-corrected chi connectivity index (χ0v) is 7.75. The van der Waals surface area contributed by atoms with Crippen molar-refractivity contribution < 1.29 is 0 Å². The van der Waals surface area contributed by atoms with E-state index in [1.807, 2.05) is 37.4 Å². The van der Waals surface area contributed by atoms with Crippen molar-refractivity contribution in [1.29, 1.82) is 0 Å². The largest absolute Gasteiger partial charge is 0.398 e. The summed E-state index contributed by atoms with van der Waals surface area (Å²) in [6.45, 7) is 3.65. The van der Waals surface area contributed by atoms with E-state index < -0.39 is 0 Å². The number of nitrogen functional groups attached to an aromatic ring is 1. The van der Waals surface area contributed by atoms with Crippen LogP contribution in [0.1, 0.15) is 5.56 Å². The van der Waals surface area contributed by atoms with Gasteiger partial charge in [-0.3, -0.25) is 0 Å². The van der Waals surface area contributed by atoms with Gasteiger partial charge in [-0.1, -0.05) is 30.9 Å². The topological polar surface area (TPSA) is 38.0 Å². The number of para-hydroxylation sites is 1. The molecular weight excluding hydrogens is 160 g/mol. The summed E-state index contributed by atoms with van der Waals surface area (Å²) in [5.41, 5.74) is 8.56. The van der Waals surface area contributed by atoms with Gasteiger partial charge in [0, 0.05) is 24.0 Å². The van der Waals surface area contributed by atoms with Gasteiger partial charge in [0.05, 0.1) is 0 Å². The Kier molecular flexibility index (Phi) is 3.15. The number of hydrogen-bond acceptors (Lipinski definition) is 2. The van der Waals surface area contributed by atoms with Crippen LogP contribution in [-0.2, 0) is 0 Å². The van der Waals surface area contributed by atoms with Crippen molar-refractivity contribution in [2.45, 2.75) is 0 Å². The molecule has 0 aromatic heterocycles. The Labute approximate surface area is 78.8 Å². The first kappa shape index (κ1) is 9.39. The van der Waals surface area contributed by atoms with Crippen LogP contribution < -0.4 is 11.1 Å². The van der Waals surface area contributed by atoms with Gasteiger partial charge in [-0.05, 0) is 12.1 Å². The highest BCUT2D eigenvalue weighted by molar-refractivity contribution is 5.74. The summed E-state index contributed by atoms with van der Waals surface area (Å²) in [7, 11) is 1.86. The van der Waals surface area contributed by atoms with Crippen molar-refractivity contribution in [3.63, 3.8) is 0 Å². The molecule has 0 heterocycles. The summed E-state index contributed by atoms with van der Waals surface area (Å²) in [5, 5.41) is 3.07. The molecule has 0 aliphatic rings. The summed E-state index contributed by atoms with van der Waals surface area (Å²) in [5.74, 6) is 0. The third-order valence-electron chi connectivity index (χ3n) is 1.80. The van der Waals surface area contributed by atoms with E-state index in [1.54, 1.807) is 6.08 Å². The molecule has 0 aliphatic heterocycles. The number of nitrogens with two attached hydrogens (primary N) is 1. The fourth-order valence-corrected chi connectivity index (χ4v) is 1.17. The van der Waals surface area contributed by atoms with Crippen LogP contribution in [0.5, 0.6) is 0 Å². The number of hydrogen-bond donors (Lipinski definition) is 2. The van der Waals surface area contributed by atoms with E-state index in [1.165, 1.54) is 0 Å². The van der Waals surface area contributed by atoms with Crippen LogP contribution in [0, 0.1) is 0 Å². The van der Waals surface area contributed by atoms with Crippen LogP contribution in [0.25, 0.3) is 5.70 Å². The Bertz CT molecular complexity index is 327. The Morgan fingerprint density at radius 2 is 2.15 bits per heavy atom. The lowest BCUT2D eigenvalue weighted by Crippen LogP contribution is -2.06. The van der Waals surface area contributed by atoms with Gasteiger partial charge in [0.1, 0.15) is 0 Å². The monoisotopic (exact) mass is 174 g/mol. The van der Waals surface area contributed by atoms with Crippen LogP contribution in [0.2, 0.25) is 0 Å². The lowest BCUT2D eigenvalue weighted by atomic mass is 10.1. The summed E-state index contributed by atoms with van der Waals surface area (Å²) in [6, 6.07) is 7.73. The minimum atomic E-state index is 0.768. The van der Waals surface area contributed by atoms with Crippen LogP contribution in [0.4, 0.5) is 5.69 Å². The molecule has 0 amide bonds. The maximum Gasteiger partial charge on any atom is 0.0431 e. The van der Waals surface area contributed by atoms with E-state index in [0.717, 1.165) is 16.9 Å². The number of anilines is 1. The van der Waals surface area contributed by atoms with Crippen LogP contribution in [0.3, 0.4) is 0 Å². The standard InChI is InChI=1S/C11H14N2/c1-3-6-11(13-2)9-7-4-5-8-10(9)12/h3-8,13H,1,12H2,2H3/b11-6-. The average Bonchev–Trinajstić information content (AvgIpc) is 2.16. The molecule has 3 N–H and O–H groups in total. The fourth-order valence-electron chi connectivity index (χ4n) is 1.17. The van der Waals surface area contributed by atoms with Gasteiger partial charge in [0.15, 0.2) is 0 Å². The highest BCUT2D eigenvalue weighted by Crippen LogP contribution is 2.18. The van der Waals surface area contributed by atoms with E-state index >= 15 is 0 Å². The van der Waals surface area contributed by atoms with E-state index in [0.29, 0.717) is 0 Å². The van der Waals surface area contributed by atoms with Crippen LogP contribution in [0.15, 0.2) is 43.0 Å². The molecule has 2 nitrogen and oxygen atoms in total. The molecule has 0 atom stereocenters. The highest BCUT2D eigenvalue weighted by Gasteiger charge is 2.00. The molecule has 2 heteroatoms. The van der Waals surface area contributed by atoms with Gasteiger partial charge < -0.3 is 11.1 Å². The van der Waals surface area contributed by atoms with Crippen molar-refractivity contribution >= 4 is 11.4 Å². The van der Waals surface area contributed by atoms with Gasteiger partial charge in [0.25, 0.3) is 0 Å². The second kappa shape index (κ2) is 4.36. The molecule has 0 radical (unpaired) electrons. The highest BCUT2D eigenvalue weighted by atomic mass is 14.8. The zero-order valence-electron chi connectivity index (χ0n) is 7.75. The molecule has 1 aromatic rings. The molecule has 0 aliphatic carbocycles. The Morgan fingerprint density at radius 3 is 2.69 bits per heavy atom. The second-order valence-electron chi connectivity index (χ2n) is 2.65. The minimum absolute atomic E-state index is 0.768. The Balaban J connectivity index is 3.12. The van der Waals surface area contributed by atoms with Gasteiger partial charge in [0.2, 0.25) is 0 Å². The number of nitrogens with one attached hydrogen (secondary N) is 1. The number of rotatable bonds is 3. The molecule has 1 rings (SSSR count). The molecule has 0 fully saturated rings. The maximum absolute atomic E-state index is 5.81. The number of benzene rings is 1. The van der Waals surface area contributed by atoms with Crippen LogP contribution >= 0.6 is 0 Å². The number of allylic oxidation sites excluding steroid dienone is 2. The summed E-state index contributed by atoms with van der Waals surface area (Å²) in [6.07, 6.45) is 3.63. The normalized spacial score (nSPS) is 11.0. The second-order valence-corrected chi connectivity index (χ2v) is 2.65. The third kappa shape index (κ3) is 2.12. The fraction of sp³-hybridized carbons (Fsp3) is 0.0909. The Morgan fingerprint density at radius 1 is 1.46 bits per heavy atom. The van der Waals surface area contributed by atoms with E-state index in [4.69, 9.17) is 5.73 Å². The smallest absolute Gasteiger partial charge is 0.0431 e. The quantitative estimate of drug-likeness (QED) is 0.543. The van der Waals surface area contributed by atoms with Gasteiger partial charge in [-0.2, -0.15) is 0 Å². The lowest BCUT2D eigenvalue weighted by Gasteiger charge is -2.08. The molecule has 0 spiro atoms. The molecule has 0 bridgehead atoms. The van der Waals surface area contributed by atoms with Crippen molar-refractivity contribution in [2.75, 3.05) is 12.8 Å². The predicted molar refractivity (Wildman–Crippen MR) is 58.1 cm³/mol. The third-order valence-corrected chi connectivity index (χ3v) is 1.80. The van der Waals surface area contributed by atoms with E-state index in [9.17, 15) is 0 Å². The Hall–Kier alpha value is -1.70. The zero-order chi connectivity index (χ0) is 9.68. The summed E-state index contributed by atoms with van der Waals surface area (Å²) in [4.78, 5) is 0. The molecule has 1 aromatic carbocycles. The first-order chi connectivity index (χ1) is 6.29. The molecule has 0 unspecified atom stereocenters. The SMILES string of the molecule is C=C/C=C(\NC)c1ccccc1N. The molecule has 68 valence electrons. The van der Waals surface area contributed by atoms with E-state index in [2.05, 4.69) is 11.9 Å². The maximum atomic E-state index is 5.81. The van der Waals surface area contributed by atoms with Crippen molar-refractivity contribution in [1.82, 2.24) is 5.32 Å². The predicted octanol–water partition coefficient (Wildman–Crippen LogP) is 2.02. The lowest BCUT2D eigenvalue weighted by molar-refractivity contribution is 1.13. The van der Waals surface area contributed by atoms with Gasteiger partial charge >= 0.3 is 0 Å². The molecular formula is C11H14N2. The first-order valence-corrected chi connectivity index (χ1v) is 4.15. The average molecular weight is 174 g/mol. The molecule has 13 heavy (non-hydrogen) atoms. The molecule has 0 saturated heterocycles. The summed E-state index contributed by atoms with van der Waals surface area (Å²) >= 11 is 0. The van der Waals surface area contributed by atoms with Crippen molar-refractivity contribution in [3.05, 3.63) is 48.6 Å². The summed E-state index contributed by atoms with van der Waals surface area (Å²) < 4.78 is 0. The van der Waals surface area contributed by atoms with Gasteiger partial charge in [-0.25, -0.2) is 0 Å². The van der Waals surface area contributed by atoms with Gasteiger partial charge in [-0.15, -0.1) is 0 Å². The van der Waals surface area contributed by atoms with Crippen LogP contribution in [-0.4, -0.2) is 7.05 Å².